The highest BCUT2D eigenvalue weighted by molar-refractivity contribution is 6.33. The molecule has 1 heterocycles. The zero-order chi connectivity index (χ0) is 14.8. The molecule has 0 aliphatic carbocycles. The van der Waals surface area contributed by atoms with Gasteiger partial charge in [-0.3, -0.25) is 0 Å². The Morgan fingerprint density at radius 2 is 2.00 bits per heavy atom. The molecule has 3 rings (SSSR count). The maximum atomic E-state index is 6.54. The van der Waals surface area contributed by atoms with Gasteiger partial charge in [-0.1, -0.05) is 48.9 Å². The summed E-state index contributed by atoms with van der Waals surface area (Å²) in [5, 5.41) is 4.07. The minimum absolute atomic E-state index is 0.624. The molecule has 1 unspecified atom stereocenters. The summed E-state index contributed by atoms with van der Waals surface area (Å²) >= 11 is 6.54. The number of rotatable bonds is 3. The summed E-state index contributed by atoms with van der Waals surface area (Å²) in [5.41, 5.74) is 5.09. The summed E-state index contributed by atoms with van der Waals surface area (Å²) < 4.78 is 0. The first-order valence-corrected chi connectivity index (χ1v) is 7.86. The van der Waals surface area contributed by atoms with Crippen LogP contribution < -0.4 is 10.2 Å². The summed E-state index contributed by atoms with van der Waals surface area (Å²) in [6.07, 6.45) is 1.14. The zero-order valence-corrected chi connectivity index (χ0v) is 13.3. The average Bonchev–Trinajstić information content (AvgIpc) is 2.47. The second-order valence-corrected chi connectivity index (χ2v) is 6.23. The Morgan fingerprint density at radius 1 is 1.19 bits per heavy atom. The molecule has 21 heavy (non-hydrogen) atoms. The Balaban J connectivity index is 2.12. The smallest absolute Gasteiger partial charge is 0.0646 e. The van der Waals surface area contributed by atoms with Crippen LogP contribution in [0, 0.1) is 5.92 Å². The highest BCUT2D eigenvalue weighted by atomic mass is 35.5. The molecule has 2 nitrogen and oxygen atoms in total. The van der Waals surface area contributed by atoms with Crippen LogP contribution in [0.3, 0.4) is 0 Å². The predicted molar refractivity (Wildman–Crippen MR) is 90.5 cm³/mol. The van der Waals surface area contributed by atoms with E-state index in [0.717, 1.165) is 30.2 Å². The second-order valence-electron chi connectivity index (χ2n) is 5.83. The van der Waals surface area contributed by atoms with Crippen molar-refractivity contribution in [2.45, 2.75) is 19.9 Å². The fraction of sp³-hybridized carbons (Fsp3) is 0.333. The van der Waals surface area contributed by atoms with Gasteiger partial charge in [0.05, 0.1) is 10.7 Å². The van der Waals surface area contributed by atoms with E-state index in [1.54, 1.807) is 0 Å². The Kier molecular flexibility index (Phi) is 4.18. The summed E-state index contributed by atoms with van der Waals surface area (Å²) in [6, 6.07) is 14.8. The van der Waals surface area contributed by atoms with E-state index in [2.05, 4.69) is 47.5 Å². The summed E-state index contributed by atoms with van der Waals surface area (Å²) in [4.78, 5) is 2.39. The third-order valence-corrected chi connectivity index (χ3v) is 4.36. The Morgan fingerprint density at radius 3 is 2.81 bits per heavy atom. The van der Waals surface area contributed by atoms with E-state index in [0.29, 0.717) is 5.92 Å². The van der Waals surface area contributed by atoms with Crippen molar-refractivity contribution in [1.29, 1.82) is 0 Å². The predicted octanol–water partition coefficient (Wildman–Crippen LogP) is 4.39. The molecular formula is C18H21ClN2. The molecule has 0 spiro atoms. The van der Waals surface area contributed by atoms with Crippen LogP contribution in [0.4, 0.5) is 11.4 Å². The zero-order valence-electron chi connectivity index (χ0n) is 12.6. The molecular weight excluding hydrogens is 280 g/mol. The van der Waals surface area contributed by atoms with Gasteiger partial charge in [0, 0.05) is 18.8 Å². The first-order valence-electron chi connectivity index (χ1n) is 7.48. The van der Waals surface area contributed by atoms with Gasteiger partial charge in [-0.05, 0) is 42.6 Å². The Hall–Kier alpha value is -1.51. The molecule has 0 fully saturated rings. The summed E-state index contributed by atoms with van der Waals surface area (Å²) in [7, 11) is 1.97. The van der Waals surface area contributed by atoms with Gasteiger partial charge in [0.15, 0.2) is 0 Å². The number of hydrogen-bond donors (Lipinski definition) is 1. The standard InChI is InChI=1S/C18H21ClN2/c1-13-10-14-6-3-4-9-17(14)21(12-13)18-15(11-20-2)7-5-8-16(18)19/h3-9,13,20H,10-12H2,1-2H3. The number of nitrogens with zero attached hydrogens (tertiary/aromatic N) is 1. The van der Waals surface area contributed by atoms with E-state index in [4.69, 9.17) is 11.6 Å². The quantitative estimate of drug-likeness (QED) is 0.904. The van der Waals surface area contributed by atoms with E-state index in [9.17, 15) is 0 Å². The highest BCUT2D eigenvalue weighted by Gasteiger charge is 2.25. The van der Waals surface area contributed by atoms with Crippen molar-refractivity contribution in [3.05, 3.63) is 58.6 Å². The van der Waals surface area contributed by atoms with Gasteiger partial charge in [0.2, 0.25) is 0 Å². The largest absolute Gasteiger partial charge is 0.340 e. The van der Waals surface area contributed by atoms with Crippen LogP contribution in [0.5, 0.6) is 0 Å². The third kappa shape index (κ3) is 2.78. The van der Waals surface area contributed by atoms with Crippen molar-refractivity contribution < 1.29 is 0 Å². The molecule has 0 radical (unpaired) electrons. The van der Waals surface area contributed by atoms with E-state index >= 15 is 0 Å². The number of benzene rings is 2. The normalized spacial score (nSPS) is 17.7. The molecule has 0 saturated carbocycles. The highest BCUT2D eigenvalue weighted by Crippen LogP contribution is 2.40. The van der Waals surface area contributed by atoms with Gasteiger partial charge in [0.25, 0.3) is 0 Å². The van der Waals surface area contributed by atoms with Crippen molar-refractivity contribution in [3.63, 3.8) is 0 Å². The minimum atomic E-state index is 0.624. The monoisotopic (exact) mass is 300 g/mol. The lowest BCUT2D eigenvalue weighted by molar-refractivity contribution is 0.561. The van der Waals surface area contributed by atoms with Crippen LogP contribution in [0.15, 0.2) is 42.5 Å². The van der Waals surface area contributed by atoms with Crippen molar-refractivity contribution in [2.24, 2.45) is 5.92 Å². The van der Waals surface area contributed by atoms with Crippen LogP contribution in [0.2, 0.25) is 5.02 Å². The first-order chi connectivity index (χ1) is 10.2. The van der Waals surface area contributed by atoms with Gasteiger partial charge < -0.3 is 10.2 Å². The van der Waals surface area contributed by atoms with Crippen LogP contribution >= 0.6 is 11.6 Å². The van der Waals surface area contributed by atoms with E-state index < -0.39 is 0 Å². The van der Waals surface area contributed by atoms with Crippen molar-refractivity contribution in [3.8, 4) is 0 Å². The number of halogens is 1. The van der Waals surface area contributed by atoms with Gasteiger partial charge >= 0.3 is 0 Å². The third-order valence-electron chi connectivity index (χ3n) is 4.05. The van der Waals surface area contributed by atoms with Crippen LogP contribution in [-0.2, 0) is 13.0 Å². The van der Waals surface area contributed by atoms with E-state index in [-0.39, 0.29) is 0 Å². The Bertz CT molecular complexity index is 639. The topological polar surface area (TPSA) is 15.3 Å². The van der Waals surface area contributed by atoms with Crippen LogP contribution in [-0.4, -0.2) is 13.6 Å². The SMILES string of the molecule is CNCc1cccc(Cl)c1N1CC(C)Cc2ccccc21. The molecule has 0 amide bonds. The van der Waals surface area contributed by atoms with Crippen LogP contribution in [0.1, 0.15) is 18.1 Å². The Labute approximate surface area is 131 Å². The lowest BCUT2D eigenvalue weighted by atomic mass is 9.93. The number of anilines is 2. The molecule has 0 aromatic heterocycles. The van der Waals surface area contributed by atoms with Gasteiger partial charge in [-0.25, -0.2) is 0 Å². The molecule has 0 saturated heterocycles. The fourth-order valence-electron chi connectivity index (χ4n) is 3.20. The van der Waals surface area contributed by atoms with Crippen molar-refractivity contribution in [1.82, 2.24) is 5.32 Å². The fourth-order valence-corrected chi connectivity index (χ4v) is 3.50. The second kappa shape index (κ2) is 6.08. The van der Waals surface area contributed by atoms with Gasteiger partial charge in [-0.15, -0.1) is 0 Å². The van der Waals surface area contributed by atoms with Crippen molar-refractivity contribution in [2.75, 3.05) is 18.5 Å². The van der Waals surface area contributed by atoms with Crippen LogP contribution in [0.25, 0.3) is 0 Å². The van der Waals surface area contributed by atoms with Crippen molar-refractivity contribution >= 4 is 23.0 Å². The molecule has 3 heteroatoms. The van der Waals surface area contributed by atoms with Gasteiger partial charge in [0.1, 0.15) is 0 Å². The number of nitrogens with one attached hydrogen (secondary N) is 1. The number of fused-ring (bicyclic) bond motifs is 1. The molecule has 1 atom stereocenters. The maximum absolute atomic E-state index is 6.54. The molecule has 1 aliphatic heterocycles. The molecule has 2 aromatic rings. The minimum Gasteiger partial charge on any atom is -0.340 e. The lowest BCUT2D eigenvalue weighted by Crippen LogP contribution is -2.31. The first kappa shape index (κ1) is 14.4. The average molecular weight is 301 g/mol. The number of para-hydroxylation sites is 2. The molecule has 1 N–H and O–H groups in total. The lowest BCUT2D eigenvalue weighted by Gasteiger charge is -2.36. The molecule has 0 bridgehead atoms. The van der Waals surface area contributed by atoms with E-state index in [1.165, 1.54) is 16.8 Å². The number of hydrogen-bond acceptors (Lipinski definition) is 2. The maximum Gasteiger partial charge on any atom is 0.0646 e. The molecule has 2 aromatic carbocycles. The molecule has 1 aliphatic rings. The molecule has 110 valence electrons. The van der Waals surface area contributed by atoms with Gasteiger partial charge in [-0.2, -0.15) is 0 Å². The van der Waals surface area contributed by atoms with E-state index in [1.807, 2.05) is 19.2 Å². The summed E-state index contributed by atoms with van der Waals surface area (Å²) in [5.74, 6) is 0.624. The summed E-state index contributed by atoms with van der Waals surface area (Å²) in [6.45, 7) is 4.14.